The molecular formula is C29H26F9N7. The number of aryl methyl sites for hydroxylation is 2. The first-order chi connectivity index (χ1) is 21.0. The molecule has 0 saturated heterocycles. The lowest BCUT2D eigenvalue weighted by atomic mass is 9.94. The lowest BCUT2D eigenvalue weighted by Crippen LogP contribution is -2.30. The van der Waals surface area contributed by atoms with E-state index in [9.17, 15) is 39.5 Å². The minimum atomic E-state index is -5.07. The van der Waals surface area contributed by atoms with Crippen molar-refractivity contribution in [2.24, 2.45) is 7.05 Å². The van der Waals surface area contributed by atoms with Crippen molar-refractivity contribution in [2.45, 2.75) is 57.4 Å². The van der Waals surface area contributed by atoms with E-state index < -0.39 is 47.8 Å². The van der Waals surface area contributed by atoms with Crippen molar-refractivity contribution in [3.8, 4) is 0 Å². The molecule has 5 rings (SSSR count). The van der Waals surface area contributed by atoms with Crippen LogP contribution in [0.5, 0.6) is 0 Å². The monoisotopic (exact) mass is 643 g/mol. The van der Waals surface area contributed by atoms with Crippen LogP contribution in [-0.2, 0) is 38.7 Å². The van der Waals surface area contributed by atoms with Crippen LogP contribution in [0.4, 0.5) is 51.1 Å². The van der Waals surface area contributed by atoms with Crippen molar-refractivity contribution in [3.05, 3.63) is 93.8 Å². The van der Waals surface area contributed by atoms with Crippen molar-refractivity contribution >= 4 is 11.6 Å². The van der Waals surface area contributed by atoms with Gasteiger partial charge in [-0.15, -0.1) is 5.10 Å². The smallest absolute Gasteiger partial charge is 0.367 e. The quantitative estimate of drug-likeness (QED) is 0.203. The van der Waals surface area contributed by atoms with Gasteiger partial charge in [0.2, 0.25) is 0 Å². The summed E-state index contributed by atoms with van der Waals surface area (Å²) in [5.74, 6) is -0.112. The van der Waals surface area contributed by atoms with Gasteiger partial charge >= 0.3 is 18.5 Å². The van der Waals surface area contributed by atoms with E-state index >= 15 is 0 Å². The molecule has 4 aromatic rings. The van der Waals surface area contributed by atoms with E-state index in [1.54, 1.807) is 29.4 Å². The zero-order valence-electron chi connectivity index (χ0n) is 23.8. The summed E-state index contributed by atoms with van der Waals surface area (Å²) in [7, 11) is 1.43. The molecule has 0 bridgehead atoms. The fraction of sp³-hybridized carbons (Fsp3) is 0.379. The normalized spacial score (nSPS) is 16.0. The van der Waals surface area contributed by atoms with Gasteiger partial charge in [0.1, 0.15) is 0 Å². The summed E-state index contributed by atoms with van der Waals surface area (Å²) >= 11 is 0. The maximum absolute atomic E-state index is 14.1. The van der Waals surface area contributed by atoms with E-state index in [4.69, 9.17) is 0 Å². The van der Waals surface area contributed by atoms with E-state index in [-0.39, 0.29) is 41.8 Å². The van der Waals surface area contributed by atoms with Crippen LogP contribution in [0.25, 0.3) is 0 Å². The molecule has 45 heavy (non-hydrogen) atoms. The topological polar surface area (TPSA) is 63.0 Å². The van der Waals surface area contributed by atoms with Crippen LogP contribution in [0, 0.1) is 6.92 Å². The van der Waals surface area contributed by atoms with Crippen LogP contribution in [0.15, 0.2) is 54.9 Å². The minimum Gasteiger partial charge on any atom is -0.367 e. The third-order valence-electron chi connectivity index (χ3n) is 7.54. The second-order valence-corrected chi connectivity index (χ2v) is 10.8. The highest BCUT2D eigenvalue weighted by Gasteiger charge is 2.39. The number of alkyl halides is 9. The van der Waals surface area contributed by atoms with Crippen molar-refractivity contribution in [3.63, 3.8) is 0 Å². The first kappa shape index (κ1) is 32.0. The number of aromatic nitrogens is 5. The Labute approximate surface area is 251 Å². The van der Waals surface area contributed by atoms with Crippen LogP contribution in [0.1, 0.15) is 57.8 Å². The number of tetrazole rings is 1. The van der Waals surface area contributed by atoms with Gasteiger partial charge in [-0.2, -0.15) is 44.3 Å². The summed E-state index contributed by atoms with van der Waals surface area (Å²) < 4.78 is 124. The van der Waals surface area contributed by atoms with Gasteiger partial charge in [-0.25, -0.2) is 0 Å². The van der Waals surface area contributed by atoms with E-state index in [2.05, 4.69) is 20.4 Å². The van der Waals surface area contributed by atoms with Crippen LogP contribution < -0.4 is 9.80 Å². The number of nitrogens with zero attached hydrogens (tertiary/aromatic N) is 7. The first-order valence-corrected chi connectivity index (χ1v) is 13.7. The van der Waals surface area contributed by atoms with Crippen LogP contribution in [-0.4, -0.2) is 31.7 Å². The molecule has 1 aliphatic rings. The van der Waals surface area contributed by atoms with E-state index in [1.807, 2.05) is 0 Å². The van der Waals surface area contributed by atoms with Gasteiger partial charge in [0, 0.05) is 37.7 Å². The van der Waals surface area contributed by atoms with Gasteiger partial charge in [-0.1, -0.05) is 11.2 Å². The van der Waals surface area contributed by atoms with Crippen LogP contribution in [0.2, 0.25) is 0 Å². The van der Waals surface area contributed by atoms with Crippen LogP contribution in [0.3, 0.4) is 0 Å². The second-order valence-electron chi connectivity index (χ2n) is 10.8. The third-order valence-corrected chi connectivity index (χ3v) is 7.54. The van der Waals surface area contributed by atoms with Gasteiger partial charge in [0.25, 0.3) is 5.95 Å². The highest BCUT2D eigenvalue weighted by atomic mass is 19.4. The lowest BCUT2D eigenvalue weighted by Gasteiger charge is -2.33. The summed E-state index contributed by atoms with van der Waals surface area (Å²) in [5, 5.41) is 11.9. The Morgan fingerprint density at radius 2 is 1.49 bits per heavy atom. The summed E-state index contributed by atoms with van der Waals surface area (Å²) in [6, 6.07) is 6.28. The molecule has 16 heteroatoms. The molecule has 0 radical (unpaired) electrons. The highest BCUT2D eigenvalue weighted by Crippen LogP contribution is 2.44. The fourth-order valence-corrected chi connectivity index (χ4v) is 5.53. The summed E-state index contributed by atoms with van der Waals surface area (Å²) in [6.45, 7) is 1.32. The Morgan fingerprint density at radius 3 is 2.04 bits per heavy atom. The number of rotatable bonds is 6. The maximum atomic E-state index is 14.1. The molecule has 0 unspecified atom stereocenters. The number of benzene rings is 2. The Bertz CT molecular complexity index is 1610. The maximum Gasteiger partial charge on any atom is 0.416 e. The Morgan fingerprint density at radius 1 is 0.844 bits per heavy atom. The molecule has 0 spiro atoms. The molecule has 3 heterocycles. The second kappa shape index (κ2) is 11.9. The van der Waals surface area contributed by atoms with E-state index in [1.165, 1.54) is 24.9 Å². The highest BCUT2D eigenvalue weighted by molar-refractivity contribution is 5.62. The van der Waals surface area contributed by atoms with Gasteiger partial charge < -0.3 is 9.80 Å². The number of fused-ring (bicyclic) bond motifs is 1. The first-order valence-electron chi connectivity index (χ1n) is 13.7. The molecule has 2 aromatic heterocycles. The standard InChI is InChI=1S/C29H26F9N7/c1-17-10-22-24(4-3-9-44(15-18-5-7-39-8-6-18)25(22)14-23(17)29(36,37)38)45(26-40-42-43(2)41-26)16-19-11-20(27(30,31)32)13-21(12-19)28(33,34)35/h5-8,10-14,24H,3-4,9,15-16H2,1-2H3/t24-/m0/s1. The molecule has 2 aromatic carbocycles. The fourth-order valence-electron chi connectivity index (χ4n) is 5.53. The molecule has 0 saturated carbocycles. The zero-order chi connectivity index (χ0) is 32.7. The largest absolute Gasteiger partial charge is 0.416 e. The Kier molecular flexibility index (Phi) is 8.44. The molecule has 0 amide bonds. The predicted molar refractivity (Wildman–Crippen MR) is 145 cm³/mol. The van der Waals surface area contributed by atoms with Gasteiger partial charge in [-0.05, 0) is 83.6 Å². The number of anilines is 2. The minimum absolute atomic E-state index is 0.0361. The summed E-state index contributed by atoms with van der Waals surface area (Å²) in [6.07, 6.45) is -11.0. The molecule has 1 aliphatic heterocycles. The van der Waals surface area contributed by atoms with Crippen molar-refractivity contribution in [2.75, 3.05) is 16.3 Å². The van der Waals surface area contributed by atoms with E-state index in [0.717, 1.165) is 16.4 Å². The van der Waals surface area contributed by atoms with Crippen molar-refractivity contribution < 1.29 is 39.5 Å². The Balaban J connectivity index is 1.67. The summed E-state index contributed by atoms with van der Waals surface area (Å²) in [4.78, 5) is 8.21. The molecule has 7 nitrogen and oxygen atoms in total. The van der Waals surface area contributed by atoms with Crippen LogP contribution >= 0.6 is 0 Å². The van der Waals surface area contributed by atoms with E-state index in [0.29, 0.717) is 30.7 Å². The van der Waals surface area contributed by atoms with Gasteiger partial charge in [0.15, 0.2) is 0 Å². The number of halogens is 9. The SMILES string of the molecule is Cc1cc2c(cc1C(F)(F)F)N(Cc1ccncc1)CCC[C@@H]2N(Cc1cc(C(F)(F)F)cc(C(F)(F)F)c1)c1nnn(C)n1. The molecular weight excluding hydrogens is 617 g/mol. The average molecular weight is 644 g/mol. The molecule has 0 aliphatic carbocycles. The third kappa shape index (κ3) is 7.14. The molecule has 0 N–H and O–H groups in total. The number of pyridine rings is 1. The lowest BCUT2D eigenvalue weighted by molar-refractivity contribution is -0.143. The van der Waals surface area contributed by atoms with Gasteiger partial charge in [0.05, 0.1) is 29.8 Å². The number of hydrogen-bond acceptors (Lipinski definition) is 6. The van der Waals surface area contributed by atoms with Crippen molar-refractivity contribution in [1.82, 2.24) is 25.2 Å². The number of hydrogen-bond donors (Lipinski definition) is 0. The summed E-state index contributed by atoms with van der Waals surface area (Å²) in [5.41, 5.74) is -2.89. The predicted octanol–water partition coefficient (Wildman–Crippen LogP) is 7.52. The molecule has 240 valence electrons. The zero-order valence-corrected chi connectivity index (χ0v) is 23.8. The molecule has 0 fully saturated rings. The Hall–Kier alpha value is -4.37. The average Bonchev–Trinajstić information content (AvgIpc) is 3.30. The van der Waals surface area contributed by atoms with Gasteiger partial charge in [-0.3, -0.25) is 4.98 Å². The van der Waals surface area contributed by atoms with Crippen molar-refractivity contribution in [1.29, 1.82) is 0 Å². The molecule has 1 atom stereocenters.